The standard InChI is InChI=1S/C58H39N5O.Pt/c1-58(2,3)37-31-32-59-55(33-37)62-50-25-9-5-19-43(50)45-30-29-40(35-54(45)62)64-39-16-12-15-38(34-39)60-36-61-49-24-8-4-17-41(49)42-18-6-10-26-51(42)63-52-27-11-7-20-44(52)46-21-13-22-47(56(46)63)48-23-14-28-53(60)57(48)61;/h4-33H,1-3H3;/q-2;. The van der Waals surface area contributed by atoms with E-state index >= 15 is 0 Å². The summed E-state index contributed by atoms with van der Waals surface area (Å²) in [6.45, 7) is 6.68. The first-order chi connectivity index (χ1) is 31.4. The number of benzene rings is 8. The molecule has 5 heterocycles. The molecule has 13 rings (SSSR count). The van der Waals surface area contributed by atoms with E-state index in [-0.39, 0.29) is 26.5 Å². The molecule has 8 aromatic carbocycles. The molecule has 0 aliphatic heterocycles. The fourth-order valence-electron chi connectivity index (χ4n) is 9.93. The van der Waals surface area contributed by atoms with Crippen molar-refractivity contribution in [3.05, 3.63) is 206 Å². The van der Waals surface area contributed by atoms with Crippen molar-refractivity contribution in [2.45, 2.75) is 26.2 Å². The van der Waals surface area contributed by atoms with Crippen molar-refractivity contribution >= 4 is 87.2 Å². The van der Waals surface area contributed by atoms with Crippen LogP contribution < -0.4 is 9.30 Å². The first kappa shape index (κ1) is 39.1. The zero-order valence-electron chi connectivity index (χ0n) is 35.8. The smallest absolute Gasteiger partial charge is 0.268 e. The van der Waals surface area contributed by atoms with Gasteiger partial charge in [0, 0.05) is 65.8 Å². The van der Waals surface area contributed by atoms with Gasteiger partial charge in [-0.1, -0.05) is 135 Å². The number of fused-ring (bicyclic) bond motifs is 12. The van der Waals surface area contributed by atoms with E-state index < -0.39 is 0 Å². The van der Waals surface area contributed by atoms with Gasteiger partial charge in [0.15, 0.2) is 0 Å². The number of nitrogens with zero attached hydrogens (tertiary/aromatic N) is 5. The van der Waals surface area contributed by atoms with Gasteiger partial charge in [-0.3, -0.25) is 4.40 Å². The summed E-state index contributed by atoms with van der Waals surface area (Å²) in [7, 11) is 0. The van der Waals surface area contributed by atoms with Crippen LogP contribution in [0.2, 0.25) is 0 Å². The zero-order chi connectivity index (χ0) is 42.7. The molecule has 314 valence electrons. The van der Waals surface area contributed by atoms with Gasteiger partial charge in [-0.2, -0.15) is 18.2 Å². The predicted molar refractivity (Wildman–Crippen MR) is 260 cm³/mol. The van der Waals surface area contributed by atoms with Gasteiger partial charge < -0.3 is 18.3 Å². The van der Waals surface area contributed by atoms with Crippen LogP contribution in [-0.4, -0.2) is 18.4 Å². The van der Waals surface area contributed by atoms with Crippen LogP contribution in [0, 0.1) is 18.5 Å². The van der Waals surface area contributed by atoms with Gasteiger partial charge in [0.05, 0.1) is 33.1 Å². The molecule has 0 saturated carbocycles. The second kappa shape index (κ2) is 14.8. The molecular formula is C58H39N5OPt-2. The van der Waals surface area contributed by atoms with Crippen LogP contribution in [0.5, 0.6) is 11.5 Å². The molecule has 6 nitrogen and oxygen atoms in total. The summed E-state index contributed by atoms with van der Waals surface area (Å²) >= 11 is 0. The summed E-state index contributed by atoms with van der Waals surface area (Å²) < 4.78 is 15.7. The molecule has 0 aliphatic carbocycles. The van der Waals surface area contributed by atoms with Crippen molar-refractivity contribution in [2.75, 3.05) is 0 Å². The van der Waals surface area contributed by atoms with Crippen LogP contribution in [-0.2, 0) is 26.5 Å². The van der Waals surface area contributed by atoms with Crippen LogP contribution >= 0.6 is 0 Å². The Morgan fingerprint density at radius 1 is 0.508 bits per heavy atom. The maximum atomic E-state index is 6.69. The molecule has 0 spiro atoms. The Balaban J connectivity index is 0.00000444. The molecule has 65 heavy (non-hydrogen) atoms. The maximum absolute atomic E-state index is 6.69. The summed E-state index contributed by atoms with van der Waals surface area (Å²) in [4.78, 5) is 4.86. The van der Waals surface area contributed by atoms with E-state index in [1.54, 1.807) is 0 Å². The van der Waals surface area contributed by atoms with Crippen molar-refractivity contribution < 1.29 is 30.4 Å². The average Bonchev–Trinajstić information content (AvgIpc) is 3.99. The van der Waals surface area contributed by atoms with E-state index in [1.165, 1.54) is 27.4 Å². The molecule has 0 bridgehead atoms. The third-order valence-corrected chi connectivity index (χ3v) is 12.9. The van der Waals surface area contributed by atoms with Crippen molar-refractivity contribution in [3.63, 3.8) is 0 Å². The number of ether oxygens (including phenoxy) is 1. The number of hydrogen-bond donors (Lipinski definition) is 0. The van der Waals surface area contributed by atoms with Crippen molar-refractivity contribution in [1.29, 1.82) is 0 Å². The first-order valence-corrected chi connectivity index (χ1v) is 21.7. The molecule has 0 unspecified atom stereocenters. The minimum absolute atomic E-state index is 0. The van der Waals surface area contributed by atoms with Crippen LogP contribution in [0.3, 0.4) is 0 Å². The minimum Gasteiger partial charge on any atom is -0.510 e. The number of rotatable bonds is 4. The Labute approximate surface area is 389 Å². The number of hydrogen-bond acceptors (Lipinski definition) is 2. The first-order valence-electron chi connectivity index (χ1n) is 21.7. The summed E-state index contributed by atoms with van der Waals surface area (Å²) in [6.07, 6.45) is 5.73. The topological polar surface area (TPSA) is 39.8 Å². The van der Waals surface area contributed by atoms with Crippen LogP contribution in [0.1, 0.15) is 26.3 Å². The molecule has 5 aromatic heterocycles. The van der Waals surface area contributed by atoms with Crippen molar-refractivity contribution in [2.24, 2.45) is 0 Å². The van der Waals surface area contributed by atoms with E-state index in [4.69, 9.17) is 9.72 Å². The molecule has 0 radical (unpaired) electrons. The summed E-state index contributed by atoms with van der Waals surface area (Å²) in [5.41, 5.74) is 10.5. The Kier molecular flexibility index (Phi) is 8.88. The van der Waals surface area contributed by atoms with E-state index in [0.717, 1.165) is 76.9 Å². The van der Waals surface area contributed by atoms with E-state index in [2.05, 4.69) is 215 Å². The van der Waals surface area contributed by atoms with Crippen LogP contribution in [0.25, 0.3) is 98.7 Å². The molecule has 0 N–H and O–H groups in total. The quantitative estimate of drug-likeness (QED) is 0.130. The largest absolute Gasteiger partial charge is 0.510 e. The maximum Gasteiger partial charge on any atom is 0.268 e. The molecule has 7 heteroatoms. The number of aromatic nitrogens is 5. The van der Waals surface area contributed by atoms with Gasteiger partial charge >= 0.3 is 0 Å². The molecule has 0 fully saturated rings. The van der Waals surface area contributed by atoms with E-state index in [9.17, 15) is 0 Å². The molecular weight excluding hydrogens is 978 g/mol. The predicted octanol–water partition coefficient (Wildman–Crippen LogP) is 13.8. The van der Waals surface area contributed by atoms with Gasteiger partial charge in [0.1, 0.15) is 5.82 Å². The number of para-hydroxylation sites is 6. The Morgan fingerprint density at radius 2 is 1.06 bits per heavy atom. The van der Waals surface area contributed by atoms with Crippen molar-refractivity contribution in [1.82, 2.24) is 18.4 Å². The van der Waals surface area contributed by atoms with E-state index in [0.29, 0.717) is 11.5 Å². The normalized spacial score (nSPS) is 12.1. The third kappa shape index (κ3) is 5.97. The summed E-state index contributed by atoms with van der Waals surface area (Å²) in [5.74, 6) is 2.01. The molecule has 13 aromatic rings. The van der Waals surface area contributed by atoms with E-state index in [1.807, 2.05) is 24.4 Å². The van der Waals surface area contributed by atoms with Gasteiger partial charge in [-0.05, 0) is 69.2 Å². The monoisotopic (exact) mass is 1020 g/mol. The number of pyridine rings is 1. The Bertz CT molecular complexity index is 4110. The fraction of sp³-hybridized carbons (Fsp3) is 0.0690. The van der Waals surface area contributed by atoms with Gasteiger partial charge in [0.25, 0.3) is 6.33 Å². The Hall–Kier alpha value is -7.53. The van der Waals surface area contributed by atoms with Crippen LogP contribution in [0.4, 0.5) is 0 Å². The molecule has 0 saturated heterocycles. The molecule has 0 atom stereocenters. The van der Waals surface area contributed by atoms with Crippen molar-refractivity contribution in [3.8, 4) is 23.0 Å². The molecule has 0 aliphatic rings. The average molecular weight is 1020 g/mol. The summed E-state index contributed by atoms with van der Waals surface area (Å²) in [5, 5.41) is 9.18. The zero-order valence-corrected chi connectivity index (χ0v) is 38.1. The second-order valence-corrected chi connectivity index (χ2v) is 17.6. The fourth-order valence-corrected chi connectivity index (χ4v) is 9.93. The number of imidazole rings is 1. The van der Waals surface area contributed by atoms with Crippen LogP contribution in [0.15, 0.2) is 182 Å². The SMILES string of the molecule is CC(C)(C)c1ccnc(-n2c3[c-]c(Oc4[c-]c(-[n+]5[c-]n6c7ccccc7c7ccccc7n7c8ccccc8c8cccc(c9cccc5c96)c87)ccc4)ccc3c3ccccc32)c1.[Pt]. The summed E-state index contributed by atoms with van der Waals surface area (Å²) in [6, 6.07) is 69.6. The second-order valence-electron chi connectivity index (χ2n) is 17.6. The van der Waals surface area contributed by atoms with Gasteiger partial charge in [-0.15, -0.1) is 29.7 Å². The third-order valence-electron chi connectivity index (χ3n) is 12.9. The van der Waals surface area contributed by atoms with Gasteiger partial charge in [-0.25, -0.2) is 4.98 Å². The minimum atomic E-state index is -0.0302. The molecule has 0 amide bonds. The van der Waals surface area contributed by atoms with Gasteiger partial charge in [0.2, 0.25) is 0 Å². The Morgan fingerprint density at radius 3 is 1.78 bits per heavy atom.